The molecule has 128 valence electrons. The Morgan fingerprint density at radius 1 is 1.32 bits per heavy atom. The van der Waals surface area contributed by atoms with Gasteiger partial charge in [-0.3, -0.25) is 14.8 Å². The first-order chi connectivity index (χ1) is 12.1. The largest absolute Gasteiger partial charge is 0.338 e. The second-order valence-electron chi connectivity index (χ2n) is 6.48. The lowest BCUT2D eigenvalue weighted by Crippen LogP contribution is -2.39. The van der Waals surface area contributed by atoms with Crippen molar-refractivity contribution in [1.82, 2.24) is 25.0 Å². The Bertz CT molecular complexity index is 922. The van der Waals surface area contributed by atoms with Gasteiger partial charge < -0.3 is 9.42 Å². The van der Waals surface area contributed by atoms with Crippen LogP contribution in [0.2, 0.25) is 0 Å². The van der Waals surface area contributed by atoms with E-state index in [-0.39, 0.29) is 11.8 Å². The summed E-state index contributed by atoms with van der Waals surface area (Å²) in [6.45, 7) is 5.07. The molecule has 1 aliphatic heterocycles. The van der Waals surface area contributed by atoms with Crippen LogP contribution >= 0.6 is 0 Å². The smallest absolute Gasteiger partial charge is 0.258 e. The molecule has 1 saturated heterocycles. The number of aryl methyl sites for hydroxylation is 2. The number of hydrogen-bond acceptors (Lipinski definition) is 6. The van der Waals surface area contributed by atoms with E-state index in [2.05, 4.69) is 20.1 Å². The number of hydrogen-bond donors (Lipinski definition) is 0. The molecule has 7 heteroatoms. The molecule has 1 amide bonds. The lowest BCUT2D eigenvalue weighted by Gasteiger charge is -2.32. The van der Waals surface area contributed by atoms with Crippen LogP contribution in [0.5, 0.6) is 0 Å². The number of rotatable bonds is 2. The fourth-order valence-electron chi connectivity index (χ4n) is 3.48. The molecule has 4 heterocycles. The van der Waals surface area contributed by atoms with Crippen LogP contribution in [0, 0.1) is 13.8 Å². The van der Waals surface area contributed by atoms with Crippen LogP contribution in [-0.4, -0.2) is 44.0 Å². The van der Waals surface area contributed by atoms with E-state index in [1.807, 2.05) is 24.8 Å². The minimum Gasteiger partial charge on any atom is -0.338 e. The van der Waals surface area contributed by atoms with Gasteiger partial charge in [-0.1, -0.05) is 5.16 Å². The SMILES string of the molecule is Cc1cc(C(=O)N2CCC[C@@H](c3cnccn3)C2)c2c(C)noc2n1. The quantitative estimate of drug-likeness (QED) is 0.715. The summed E-state index contributed by atoms with van der Waals surface area (Å²) in [6.07, 6.45) is 7.12. The molecule has 1 fully saturated rings. The molecule has 0 radical (unpaired) electrons. The molecule has 3 aromatic heterocycles. The molecular formula is C18H19N5O2. The molecule has 0 unspecified atom stereocenters. The van der Waals surface area contributed by atoms with E-state index in [0.717, 1.165) is 30.8 Å². The van der Waals surface area contributed by atoms with Crippen molar-refractivity contribution in [3.63, 3.8) is 0 Å². The monoisotopic (exact) mass is 337 g/mol. The second kappa shape index (κ2) is 6.23. The zero-order valence-corrected chi connectivity index (χ0v) is 14.3. The Hall–Kier alpha value is -2.83. The molecule has 25 heavy (non-hydrogen) atoms. The summed E-state index contributed by atoms with van der Waals surface area (Å²) in [6, 6.07) is 1.82. The van der Waals surface area contributed by atoms with E-state index in [4.69, 9.17) is 4.52 Å². The minimum absolute atomic E-state index is 0.00427. The summed E-state index contributed by atoms with van der Waals surface area (Å²) in [5.41, 5.74) is 3.41. The third-order valence-corrected chi connectivity index (χ3v) is 4.69. The average Bonchev–Trinajstić information content (AvgIpc) is 3.02. The molecule has 7 nitrogen and oxygen atoms in total. The highest BCUT2D eigenvalue weighted by molar-refractivity contribution is 6.06. The number of nitrogens with zero attached hydrogens (tertiary/aromatic N) is 5. The molecular weight excluding hydrogens is 318 g/mol. The maximum absolute atomic E-state index is 13.2. The van der Waals surface area contributed by atoms with E-state index < -0.39 is 0 Å². The fourth-order valence-corrected chi connectivity index (χ4v) is 3.48. The van der Waals surface area contributed by atoms with Gasteiger partial charge in [-0.25, -0.2) is 4.98 Å². The Labute approximate surface area is 145 Å². The summed E-state index contributed by atoms with van der Waals surface area (Å²) in [4.78, 5) is 28.0. The number of pyridine rings is 1. The lowest BCUT2D eigenvalue weighted by molar-refractivity contribution is 0.0707. The highest BCUT2D eigenvalue weighted by Gasteiger charge is 2.28. The molecule has 0 aliphatic carbocycles. The van der Waals surface area contributed by atoms with Gasteiger partial charge in [-0.15, -0.1) is 0 Å². The molecule has 0 spiro atoms. The van der Waals surface area contributed by atoms with Crippen LogP contribution in [0.1, 0.15) is 46.2 Å². The standard InChI is InChI=1S/C18H19N5O2/c1-11-8-14(16-12(2)22-25-17(16)21-11)18(24)23-7-3-4-13(10-23)15-9-19-5-6-20-15/h5-6,8-9,13H,3-4,7,10H2,1-2H3/t13-/m1/s1. The van der Waals surface area contributed by atoms with E-state index in [1.165, 1.54) is 0 Å². The zero-order chi connectivity index (χ0) is 17.4. The maximum atomic E-state index is 13.2. The van der Waals surface area contributed by atoms with Crippen molar-refractivity contribution >= 4 is 17.0 Å². The molecule has 1 aliphatic rings. The topological polar surface area (TPSA) is 85.0 Å². The molecule has 0 N–H and O–H groups in total. The number of fused-ring (bicyclic) bond motifs is 1. The van der Waals surface area contributed by atoms with E-state index >= 15 is 0 Å². The summed E-state index contributed by atoms with van der Waals surface area (Å²) >= 11 is 0. The Morgan fingerprint density at radius 2 is 2.20 bits per heavy atom. The first kappa shape index (κ1) is 15.7. The number of carbonyl (C=O) groups excluding carboxylic acids is 1. The van der Waals surface area contributed by atoms with Crippen molar-refractivity contribution in [2.45, 2.75) is 32.6 Å². The van der Waals surface area contributed by atoms with Gasteiger partial charge in [0, 0.05) is 43.3 Å². The second-order valence-corrected chi connectivity index (χ2v) is 6.48. The van der Waals surface area contributed by atoms with Crippen LogP contribution < -0.4 is 0 Å². The van der Waals surface area contributed by atoms with Crippen LogP contribution in [0.3, 0.4) is 0 Å². The highest BCUT2D eigenvalue weighted by atomic mass is 16.5. The van der Waals surface area contributed by atoms with Crippen LogP contribution in [-0.2, 0) is 0 Å². The van der Waals surface area contributed by atoms with Crippen LogP contribution in [0.25, 0.3) is 11.1 Å². The van der Waals surface area contributed by atoms with Gasteiger partial charge >= 0.3 is 0 Å². The van der Waals surface area contributed by atoms with Crippen molar-refractivity contribution < 1.29 is 9.32 Å². The van der Waals surface area contributed by atoms with E-state index in [0.29, 0.717) is 28.9 Å². The summed E-state index contributed by atoms with van der Waals surface area (Å²) in [5, 5.41) is 4.67. The number of piperidine rings is 1. The average molecular weight is 337 g/mol. The zero-order valence-electron chi connectivity index (χ0n) is 14.3. The molecule has 4 rings (SSSR count). The Kier molecular flexibility index (Phi) is 3.91. The first-order valence-corrected chi connectivity index (χ1v) is 8.42. The van der Waals surface area contributed by atoms with E-state index in [1.54, 1.807) is 18.6 Å². The first-order valence-electron chi connectivity index (χ1n) is 8.42. The maximum Gasteiger partial charge on any atom is 0.258 e. The van der Waals surface area contributed by atoms with Crippen LogP contribution in [0.15, 0.2) is 29.2 Å². The van der Waals surface area contributed by atoms with Crippen molar-refractivity contribution in [1.29, 1.82) is 0 Å². The predicted octanol–water partition coefficient (Wildman–Crippen LogP) is 2.65. The van der Waals surface area contributed by atoms with Crippen LogP contribution in [0.4, 0.5) is 0 Å². The van der Waals surface area contributed by atoms with Gasteiger partial charge in [0.05, 0.1) is 22.3 Å². The van der Waals surface area contributed by atoms with E-state index in [9.17, 15) is 4.79 Å². The third kappa shape index (κ3) is 2.86. The molecule has 0 bridgehead atoms. The number of carbonyl (C=O) groups is 1. The Morgan fingerprint density at radius 3 is 3.00 bits per heavy atom. The fraction of sp³-hybridized carbons (Fsp3) is 0.389. The summed E-state index contributed by atoms with van der Waals surface area (Å²) in [5.74, 6) is 0.212. The minimum atomic E-state index is -0.00427. The molecule has 1 atom stereocenters. The predicted molar refractivity (Wildman–Crippen MR) is 91.2 cm³/mol. The van der Waals surface area contributed by atoms with Crippen molar-refractivity contribution in [2.75, 3.05) is 13.1 Å². The third-order valence-electron chi connectivity index (χ3n) is 4.69. The lowest BCUT2D eigenvalue weighted by atomic mass is 9.94. The highest BCUT2D eigenvalue weighted by Crippen LogP contribution is 2.28. The summed E-state index contributed by atoms with van der Waals surface area (Å²) in [7, 11) is 0. The van der Waals surface area contributed by atoms with Gasteiger partial charge in [0.15, 0.2) is 0 Å². The summed E-state index contributed by atoms with van der Waals surface area (Å²) < 4.78 is 5.25. The van der Waals surface area contributed by atoms with Gasteiger partial charge in [-0.05, 0) is 32.8 Å². The van der Waals surface area contributed by atoms with Gasteiger partial charge in [0.1, 0.15) is 0 Å². The molecule has 3 aromatic rings. The number of amides is 1. The number of aromatic nitrogens is 4. The normalized spacial score (nSPS) is 17.8. The van der Waals surface area contributed by atoms with Gasteiger partial charge in [-0.2, -0.15) is 0 Å². The van der Waals surface area contributed by atoms with Crippen molar-refractivity contribution in [3.05, 3.63) is 47.3 Å². The Balaban J connectivity index is 1.66. The molecule has 0 aromatic carbocycles. The van der Waals surface area contributed by atoms with Crippen molar-refractivity contribution in [3.8, 4) is 0 Å². The number of likely N-dealkylation sites (tertiary alicyclic amines) is 1. The van der Waals surface area contributed by atoms with Crippen molar-refractivity contribution in [2.24, 2.45) is 0 Å². The van der Waals surface area contributed by atoms with Gasteiger partial charge in [0.2, 0.25) is 0 Å². The molecule has 0 saturated carbocycles. The van der Waals surface area contributed by atoms with Gasteiger partial charge in [0.25, 0.3) is 11.6 Å².